The molecule has 0 aliphatic heterocycles. The van der Waals surface area contributed by atoms with Crippen LogP contribution in [-0.4, -0.2) is 9.97 Å². The zero-order chi connectivity index (χ0) is 10.7. The number of aromatic amines is 1. The van der Waals surface area contributed by atoms with Crippen molar-refractivity contribution in [2.24, 2.45) is 0 Å². The molecule has 0 aliphatic rings. The first kappa shape index (κ1) is 9.58. The van der Waals surface area contributed by atoms with Gasteiger partial charge in [0.2, 0.25) is 0 Å². The molecular formula is C11H8F2N2. The van der Waals surface area contributed by atoms with E-state index in [1.54, 1.807) is 12.3 Å². The molecule has 0 fully saturated rings. The molecule has 1 N–H and O–H groups in total. The van der Waals surface area contributed by atoms with Crippen molar-refractivity contribution in [3.8, 4) is 0 Å². The maximum Gasteiger partial charge on any atom is 0.150 e. The number of rotatable bonds is 0. The van der Waals surface area contributed by atoms with Crippen LogP contribution in [-0.2, 0) is 0 Å². The normalized spacial score (nSPS) is 10.0. The van der Waals surface area contributed by atoms with Crippen molar-refractivity contribution in [2.45, 2.75) is 0 Å². The summed E-state index contributed by atoms with van der Waals surface area (Å²) in [5, 5.41) is 0.427. The quantitative estimate of drug-likeness (QED) is 0.705. The van der Waals surface area contributed by atoms with Gasteiger partial charge in [0.05, 0.1) is 5.52 Å². The SMILES string of the molecule is Fc1cc(F)c2[nH]cccnccc2c1. The summed E-state index contributed by atoms with van der Waals surface area (Å²) in [6.07, 6.45) is 4.56. The van der Waals surface area contributed by atoms with Crippen molar-refractivity contribution in [1.82, 2.24) is 9.97 Å². The highest BCUT2D eigenvalue weighted by atomic mass is 19.1. The molecule has 0 aliphatic carbocycles. The Morgan fingerprint density at radius 2 is 2.00 bits per heavy atom. The summed E-state index contributed by atoms with van der Waals surface area (Å²) in [5.41, 5.74) is 0.245. The van der Waals surface area contributed by atoms with Gasteiger partial charge >= 0.3 is 0 Å². The molecule has 2 nitrogen and oxygen atoms in total. The van der Waals surface area contributed by atoms with Crippen LogP contribution in [0.5, 0.6) is 0 Å². The minimum Gasteiger partial charge on any atom is -0.359 e. The predicted octanol–water partition coefficient (Wildman–Crippen LogP) is 2.97. The molecule has 0 saturated carbocycles. The lowest BCUT2D eigenvalue weighted by molar-refractivity contribution is 0.590. The molecule has 0 amide bonds. The molecule has 4 heteroatoms. The zero-order valence-corrected chi connectivity index (χ0v) is 7.74. The monoisotopic (exact) mass is 206 g/mol. The molecule has 0 bridgehead atoms. The molecule has 0 spiro atoms. The van der Waals surface area contributed by atoms with Gasteiger partial charge in [-0.15, -0.1) is 0 Å². The van der Waals surface area contributed by atoms with E-state index in [0.717, 1.165) is 6.07 Å². The van der Waals surface area contributed by atoms with Gasteiger partial charge in [-0.3, -0.25) is 4.98 Å². The lowest BCUT2D eigenvalue weighted by atomic mass is 10.2. The Kier molecular flexibility index (Phi) is 2.58. The van der Waals surface area contributed by atoms with Crippen LogP contribution in [0.2, 0.25) is 0 Å². The maximum absolute atomic E-state index is 13.4. The van der Waals surface area contributed by atoms with Crippen LogP contribution in [0.1, 0.15) is 0 Å². The third kappa shape index (κ3) is 2.10. The number of nitrogens with zero attached hydrogens (tertiary/aromatic N) is 1. The van der Waals surface area contributed by atoms with Crippen molar-refractivity contribution in [3.05, 3.63) is 54.5 Å². The number of nitrogens with one attached hydrogen (secondary N) is 1. The highest BCUT2D eigenvalue weighted by Crippen LogP contribution is 2.14. The number of halogens is 2. The fourth-order valence-corrected chi connectivity index (χ4v) is 1.27. The third-order valence-electron chi connectivity index (χ3n) is 1.92. The van der Waals surface area contributed by atoms with E-state index in [1.165, 1.54) is 24.5 Å². The molecule has 0 unspecified atom stereocenters. The van der Waals surface area contributed by atoms with Gasteiger partial charge in [0.15, 0.2) is 0 Å². The second-order valence-corrected chi connectivity index (χ2v) is 2.97. The van der Waals surface area contributed by atoms with E-state index >= 15 is 0 Å². The zero-order valence-electron chi connectivity index (χ0n) is 7.74. The van der Waals surface area contributed by atoms with Gasteiger partial charge in [-0.05, 0) is 18.2 Å². The first-order chi connectivity index (χ1) is 7.27. The van der Waals surface area contributed by atoms with Gasteiger partial charge in [0, 0.05) is 30.0 Å². The number of hydrogen-bond donors (Lipinski definition) is 1. The van der Waals surface area contributed by atoms with E-state index in [1.807, 2.05) is 0 Å². The van der Waals surface area contributed by atoms with Crippen LogP contribution >= 0.6 is 0 Å². The van der Waals surface area contributed by atoms with Gasteiger partial charge in [-0.1, -0.05) is 0 Å². The standard InChI is InChI=1S/C11H8F2N2/c12-9-6-8-2-5-14-3-1-4-15-11(8)10(13)7-9/h1-7,15H. The fourth-order valence-electron chi connectivity index (χ4n) is 1.27. The lowest BCUT2D eigenvalue weighted by Crippen LogP contribution is -1.83. The Morgan fingerprint density at radius 1 is 1.13 bits per heavy atom. The molecule has 1 aromatic heterocycles. The van der Waals surface area contributed by atoms with Crippen LogP contribution in [0.4, 0.5) is 8.78 Å². The number of benzene rings is 1. The number of H-pyrrole nitrogens is 1. The first-order valence-corrected chi connectivity index (χ1v) is 4.38. The summed E-state index contributed by atoms with van der Waals surface area (Å²) in [6.45, 7) is 0. The second kappa shape index (κ2) is 4.04. The Labute approximate surface area is 84.9 Å². The Bertz CT molecular complexity index is 533. The molecular weight excluding hydrogens is 198 g/mol. The van der Waals surface area contributed by atoms with E-state index < -0.39 is 11.6 Å². The summed E-state index contributed by atoms with van der Waals surface area (Å²) < 4.78 is 26.3. The van der Waals surface area contributed by atoms with Crippen molar-refractivity contribution >= 4 is 10.9 Å². The van der Waals surface area contributed by atoms with Gasteiger partial charge in [-0.25, -0.2) is 8.78 Å². The largest absolute Gasteiger partial charge is 0.359 e. The number of aromatic nitrogens is 2. The number of hydrogen-bond acceptors (Lipinski definition) is 1. The smallest absolute Gasteiger partial charge is 0.150 e. The average Bonchev–Trinajstić information content (AvgIpc) is 2.29. The summed E-state index contributed by atoms with van der Waals surface area (Å²) in [6, 6.07) is 5.25. The molecule has 15 heavy (non-hydrogen) atoms. The third-order valence-corrected chi connectivity index (χ3v) is 1.92. The van der Waals surface area contributed by atoms with E-state index in [4.69, 9.17) is 0 Å². The summed E-state index contributed by atoms with van der Waals surface area (Å²) >= 11 is 0. The van der Waals surface area contributed by atoms with Crippen molar-refractivity contribution in [3.63, 3.8) is 0 Å². The van der Waals surface area contributed by atoms with Crippen LogP contribution in [0, 0.1) is 11.6 Å². The minimum atomic E-state index is -0.624. The van der Waals surface area contributed by atoms with Crippen molar-refractivity contribution < 1.29 is 8.78 Å². The molecule has 1 heterocycles. The van der Waals surface area contributed by atoms with Crippen LogP contribution in [0.25, 0.3) is 10.9 Å². The van der Waals surface area contributed by atoms with E-state index in [-0.39, 0.29) is 5.52 Å². The summed E-state index contributed by atoms with van der Waals surface area (Å²) in [7, 11) is 0. The predicted molar refractivity (Wildman–Crippen MR) is 53.6 cm³/mol. The van der Waals surface area contributed by atoms with Crippen molar-refractivity contribution in [2.75, 3.05) is 0 Å². The Balaban J connectivity index is 2.89. The Hall–Kier alpha value is -1.97. The molecule has 0 saturated heterocycles. The van der Waals surface area contributed by atoms with Gasteiger partial charge in [-0.2, -0.15) is 0 Å². The minimum absolute atomic E-state index is 0.245. The first-order valence-electron chi connectivity index (χ1n) is 4.38. The second-order valence-electron chi connectivity index (χ2n) is 2.97. The van der Waals surface area contributed by atoms with Crippen molar-refractivity contribution in [1.29, 1.82) is 0 Å². The lowest BCUT2D eigenvalue weighted by Gasteiger charge is -1.95. The van der Waals surface area contributed by atoms with E-state index in [2.05, 4.69) is 9.97 Å². The van der Waals surface area contributed by atoms with Gasteiger partial charge in [0.25, 0.3) is 0 Å². The van der Waals surface area contributed by atoms with Crippen LogP contribution < -0.4 is 0 Å². The highest BCUT2D eigenvalue weighted by molar-refractivity contribution is 5.77. The molecule has 2 rings (SSSR count). The molecule has 0 radical (unpaired) electrons. The summed E-state index contributed by atoms with van der Waals surface area (Å²) in [4.78, 5) is 6.61. The van der Waals surface area contributed by atoms with E-state index in [9.17, 15) is 8.78 Å². The topological polar surface area (TPSA) is 28.7 Å². The van der Waals surface area contributed by atoms with E-state index in [0.29, 0.717) is 5.39 Å². The van der Waals surface area contributed by atoms with Crippen LogP contribution in [0.3, 0.4) is 0 Å². The molecule has 0 atom stereocenters. The maximum atomic E-state index is 13.4. The Morgan fingerprint density at radius 3 is 2.87 bits per heavy atom. The van der Waals surface area contributed by atoms with Gasteiger partial charge < -0.3 is 4.98 Å². The average molecular weight is 206 g/mol. The van der Waals surface area contributed by atoms with Gasteiger partial charge in [0.1, 0.15) is 11.6 Å². The molecule has 1 aromatic carbocycles. The fraction of sp³-hybridized carbons (Fsp3) is 0. The summed E-state index contributed by atoms with van der Waals surface area (Å²) in [5.74, 6) is -1.23. The number of fused-ring (bicyclic) bond motifs is 1. The molecule has 2 aromatic rings. The molecule has 76 valence electrons. The highest BCUT2D eigenvalue weighted by Gasteiger charge is 2.01. The van der Waals surface area contributed by atoms with Crippen LogP contribution in [0.15, 0.2) is 42.9 Å².